The van der Waals surface area contributed by atoms with Crippen molar-refractivity contribution < 1.29 is 0 Å². The highest BCUT2D eigenvalue weighted by molar-refractivity contribution is 6.31. The van der Waals surface area contributed by atoms with Crippen molar-refractivity contribution in [2.24, 2.45) is 0 Å². The second kappa shape index (κ2) is 21.5. The highest BCUT2D eigenvalue weighted by Gasteiger charge is 2.40. The predicted molar refractivity (Wildman–Crippen MR) is 427 cm³/mol. The second-order valence-electron chi connectivity index (χ2n) is 29.8. The van der Waals surface area contributed by atoms with E-state index in [1.807, 2.05) is 12.1 Å². The molecule has 0 amide bonds. The summed E-state index contributed by atoms with van der Waals surface area (Å²) in [5, 5.41) is 15.8. The molecule has 0 saturated heterocycles. The Bertz CT molecular complexity index is 6240. The quantitative estimate of drug-likeness (QED) is 0.140. The topological polar surface area (TPSA) is 0 Å². The average Bonchev–Trinajstić information content (AvgIpc) is 0.938. The molecule has 100 heavy (non-hydrogen) atoms. The van der Waals surface area contributed by atoms with Crippen LogP contribution in [0, 0.1) is 0 Å². The van der Waals surface area contributed by atoms with Gasteiger partial charge in [0.2, 0.25) is 0 Å². The molecule has 17 aromatic carbocycles. The third-order valence-corrected chi connectivity index (χ3v) is 23.8. The van der Waals surface area contributed by atoms with E-state index in [0.29, 0.717) is 0 Å². The fourth-order valence-corrected chi connectivity index (χ4v) is 18.8. The van der Waals surface area contributed by atoms with Crippen LogP contribution in [-0.2, 0) is 16.2 Å². The molecule has 20 rings (SSSR count). The smallest absolute Gasteiger partial charge is 0.0406 e. The molecule has 0 fully saturated rings. The first-order valence-electron chi connectivity index (χ1n) is 35.3. The molecule has 0 atom stereocenters. The Morgan fingerprint density at radius 2 is 0.370 bits per heavy atom. The number of halogens is 1. The largest absolute Gasteiger partial charge is 0.0843 e. The minimum Gasteiger partial charge on any atom is -0.0843 e. The minimum absolute atomic E-state index is 0.111. The molecular weight excluding hydrogens is 1220 g/mol. The molecule has 472 valence electrons. The Morgan fingerprint density at radius 3 is 0.680 bits per heavy atom. The van der Waals surface area contributed by atoms with E-state index in [1.54, 1.807) is 0 Å². The summed E-state index contributed by atoms with van der Waals surface area (Å²) in [7, 11) is 0. The Kier molecular flexibility index (Phi) is 12.7. The maximum absolute atomic E-state index is 6.28. The minimum atomic E-state index is -0.266. The highest BCUT2D eigenvalue weighted by Crippen LogP contribution is 2.58. The summed E-state index contributed by atoms with van der Waals surface area (Å²) in [5.74, 6) is 0. The number of hydrogen-bond donors (Lipinski definition) is 0. The maximum atomic E-state index is 6.28. The zero-order chi connectivity index (χ0) is 67.1. The van der Waals surface area contributed by atoms with Gasteiger partial charge in [0.1, 0.15) is 0 Å². The van der Waals surface area contributed by atoms with Crippen LogP contribution in [0.4, 0.5) is 0 Å². The van der Waals surface area contributed by atoms with Gasteiger partial charge in [-0.25, -0.2) is 0 Å². The van der Waals surface area contributed by atoms with Crippen molar-refractivity contribution in [2.75, 3.05) is 0 Å². The van der Waals surface area contributed by atoms with Crippen molar-refractivity contribution in [1.29, 1.82) is 0 Å². The predicted octanol–water partition coefficient (Wildman–Crippen LogP) is 27.8. The van der Waals surface area contributed by atoms with Crippen LogP contribution < -0.4 is 0 Å². The first-order chi connectivity index (χ1) is 48.8. The monoisotopic (exact) mass is 1290 g/mol. The molecule has 0 unspecified atom stereocenters. The Morgan fingerprint density at radius 1 is 0.170 bits per heavy atom. The number of benzene rings is 17. The van der Waals surface area contributed by atoms with Crippen molar-refractivity contribution in [2.45, 2.75) is 57.8 Å². The van der Waals surface area contributed by atoms with E-state index in [9.17, 15) is 0 Å². The molecule has 0 heterocycles. The lowest BCUT2D eigenvalue weighted by molar-refractivity contribution is 0.660. The summed E-state index contributed by atoms with van der Waals surface area (Å²) >= 11 is 6.28. The number of hydrogen-bond acceptors (Lipinski definition) is 0. The Labute approximate surface area is 589 Å². The molecule has 0 radical (unpaired) electrons. The van der Waals surface area contributed by atoms with E-state index in [2.05, 4.69) is 339 Å². The van der Waals surface area contributed by atoms with Crippen LogP contribution in [0.2, 0.25) is 5.02 Å². The van der Waals surface area contributed by atoms with Gasteiger partial charge in [-0.3, -0.25) is 0 Å². The Hall–Kier alpha value is -11.4. The van der Waals surface area contributed by atoms with Gasteiger partial charge >= 0.3 is 0 Å². The van der Waals surface area contributed by atoms with Crippen LogP contribution in [0.3, 0.4) is 0 Å². The summed E-state index contributed by atoms with van der Waals surface area (Å²) in [6.45, 7) is 14.5. The lowest BCUT2D eigenvalue weighted by Crippen LogP contribution is -2.15. The van der Waals surface area contributed by atoms with Gasteiger partial charge in [0.15, 0.2) is 0 Å². The van der Waals surface area contributed by atoms with Gasteiger partial charge in [-0.15, -0.1) is 0 Å². The van der Waals surface area contributed by atoms with Gasteiger partial charge in [-0.05, 0) is 252 Å². The van der Waals surface area contributed by atoms with Crippen molar-refractivity contribution in [3.05, 3.63) is 348 Å². The molecule has 0 saturated carbocycles. The normalized spacial score (nSPS) is 14.2. The van der Waals surface area contributed by atoms with Crippen LogP contribution >= 0.6 is 11.6 Å². The van der Waals surface area contributed by atoms with Crippen LogP contribution in [0.15, 0.2) is 309 Å². The summed E-state index contributed by atoms with van der Waals surface area (Å²) in [5.41, 5.74) is 33.0. The van der Waals surface area contributed by atoms with Crippen LogP contribution in [-0.4, -0.2) is 0 Å². The van der Waals surface area contributed by atoms with Crippen LogP contribution in [0.5, 0.6) is 0 Å². The summed E-state index contributed by atoms with van der Waals surface area (Å²) in [6.07, 6.45) is 0. The zero-order valence-corrected chi connectivity index (χ0v) is 57.6. The molecule has 3 aliphatic rings. The highest BCUT2D eigenvalue weighted by atomic mass is 35.5. The van der Waals surface area contributed by atoms with Crippen molar-refractivity contribution in [1.82, 2.24) is 0 Å². The number of fused-ring (bicyclic) bond motifs is 15. The summed E-state index contributed by atoms with van der Waals surface area (Å²) < 4.78 is 0. The third-order valence-electron chi connectivity index (χ3n) is 23.5. The Balaban J connectivity index is 0.654. The molecule has 0 aliphatic heterocycles. The molecule has 1 heteroatoms. The summed E-state index contributed by atoms with van der Waals surface area (Å²) in [6, 6.07) is 117. The van der Waals surface area contributed by atoms with Gasteiger partial charge in [0.05, 0.1) is 0 Å². The van der Waals surface area contributed by atoms with E-state index >= 15 is 0 Å². The first-order valence-corrected chi connectivity index (χ1v) is 35.7. The van der Waals surface area contributed by atoms with Gasteiger partial charge in [0, 0.05) is 21.3 Å². The molecular formula is C99H69Cl. The zero-order valence-electron chi connectivity index (χ0n) is 56.8. The van der Waals surface area contributed by atoms with Gasteiger partial charge in [0.25, 0.3) is 0 Å². The number of rotatable bonds is 7. The van der Waals surface area contributed by atoms with E-state index in [4.69, 9.17) is 11.6 Å². The molecule has 0 bridgehead atoms. The molecule has 0 N–H and O–H groups in total. The van der Waals surface area contributed by atoms with E-state index in [0.717, 1.165) is 10.6 Å². The van der Waals surface area contributed by atoms with Crippen molar-refractivity contribution in [3.8, 4) is 111 Å². The third kappa shape index (κ3) is 8.41. The second-order valence-corrected chi connectivity index (χ2v) is 30.3. The van der Waals surface area contributed by atoms with Gasteiger partial charge in [-0.2, -0.15) is 0 Å². The van der Waals surface area contributed by atoms with E-state index < -0.39 is 0 Å². The average molecular weight is 1290 g/mol. The fourth-order valence-electron chi connectivity index (χ4n) is 18.6. The molecule has 0 spiro atoms. The summed E-state index contributed by atoms with van der Waals surface area (Å²) in [4.78, 5) is 0. The molecule has 0 nitrogen and oxygen atoms in total. The van der Waals surface area contributed by atoms with Gasteiger partial charge < -0.3 is 0 Å². The molecule has 3 aliphatic carbocycles. The van der Waals surface area contributed by atoms with E-state index in [-0.39, 0.29) is 16.2 Å². The van der Waals surface area contributed by atoms with Crippen molar-refractivity contribution in [3.63, 3.8) is 0 Å². The fraction of sp³-hybridized carbons (Fsp3) is 0.0909. The van der Waals surface area contributed by atoms with Crippen molar-refractivity contribution >= 4 is 76.2 Å². The maximum Gasteiger partial charge on any atom is 0.0406 e. The lowest BCUT2D eigenvalue weighted by atomic mass is 9.78. The SMILES string of the molecule is CC1(C)c2cc(-c3ccc4c(c3)C(C)(C)c3cc(-c5c6ccccc6c(-c6c7ccccc7c(-c7ccc8c(c7)C(C)(C)c7ccccc7-8)c7ccccc67)c6ccccc56)ccc3-4)ccc2-c2ccc(-c3c4ccccc4c(-c4ccc(-c5ccc(Cl)cc5)cc4)c4ccccc34)cc21. The lowest BCUT2D eigenvalue weighted by Gasteiger charge is -2.25. The standard InChI is InChI=1S/C99H69Cl/c1-97(2)85-34-20-19-21-67(85)68-50-43-63(55-88(68)97)93-77-26-11-15-30-81(77)95(82-31-16-12-27-78(82)93)96-83-32-17-13-28-79(83)94(80-29-14-18-33-84(80)96)65-45-52-72-70-49-42-62(54-87(70)99(5,6)90(72)57-65)61-41-48-69-71-51-44-64(56-89(71)98(3,4)86(69)53-61)92-75-24-9-7-22-73(75)91(74-23-8-10-25-76(74)92)60-37-35-58(36-38-60)59-39-46-66(100)47-40-59/h7-57H,1-6H3. The van der Waals surface area contributed by atoms with Crippen LogP contribution in [0.1, 0.15) is 74.9 Å². The van der Waals surface area contributed by atoms with Gasteiger partial charge in [-0.1, -0.05) is 320 Å². The first kappa shape index (κ1) is 58.7. The van der Waals surface area contributed by atoms with Crippen LogP contribution in [0.25, 0.3) is 176 Å². The molecule has 0 aromatic heterocycles. The van der Waals surface area contributed by atoms with E-state index in [1.165, 1.54) is 204 Å². The molecule has 17 aromatic rings.